The summed E-state index contributed by atoms with van der Waals surface area (Å²) in [6.45, 7) is 1.79. The summed E-state index contributed by atoms with van der Waals surface area (Å²) in [4.78, 5) is 20.6. The quantitative estimate of drug-likeness (QED) is 0.795. The van der Waals surface area contributed by atoms with Crippen LogP contribution in [-0.2, 0) is 6.42 Å². The summed E-state index contributed by atoms with van der Waals surface area (Å²) >= 11 is 5.95. The van der Waals surface area contributed by atoms with E-state index in [1.165, 1.54) is 0 Å². The maximum absolute atomic E-state index is 12.3. The van der Waals surface area contributed by atoms with E-state index in [4.69, 9.17) is 11.6 Å². The average Bonchev–Trinajstić information content (AvgIpc) is 2.45. The molecule has 1 aromatic rings. The Morgan fingerprint density at radius 3 is 2.89 bits per heavy atom. The molecule has 0 N–H and O–H groups in total. The topological polar surface area (TPSA) is 36.4 Å². The summed E-state index contributed by atoms with van der Waals surface area (Å²) in [5, 5.41) is 0.461. The van der Waals surface area contributed by atoms with Crippen LogP contribution in [0, 0.1) is 5.92 Å². The highest BCUT2D eigenvalue weighted by atomic mass is 35.5. The van der Waals surface area contributed by atoms with Gasteiger partial charge in [0, 0.05) is 13.6 Å². The summed E-state index contributed by atoms with van der Waals surface area (Å²) in [7, 11) is 5.98. The number of nitrogens with zero attached hydrogens (tertiary/aromatic N) is 3. The van der Waals surface area contributed by atoms with Gasteiger partial charge in [-0.15, -0.1) is 0 Å². The highest BCUT2D eigenvalue weighted by Crippen LogP contribution is 2.23. The van der Waals surface area contributed by atoms with Gasteiger partial charge in [0.2, 0.25) is 0 Å². The second kappa shape index (κ2) is 5.88. The second-order valence-corrected chi connectivity index (χ2v) is 5.86. The van der Waals surface area contributed by atoms with Gasteiger partial charge in [0.25, 0.3) is 5.91 Å². The number of carbonyl (C=O) groups is 1. The van der Waals surface area contributed by atoms with Crippen LogP contribution in [0.3, 0.4) is 0 Å². The van der Waals surface area contributed by atoms with E-state index in [2.05, 4.69) is 24.0 Å². The highest BCUT2D eigenvalue weighted by molar-refractivity contribution is 6.29. The fourth-order valence-corrected chi connectivity index (χ4v) is 2.64. The number of aromatic nitrogens is 1. The van der Waals surface area contributed by atoms with E-state index in [1.807, 2.05) is 7.05 Å². The van der Waals surface area contributed by atoms with E-state index in [0.717, 1.165) is 31.6 Å². The smallest absolute Gasteiger partial charge is 0.255 e. The molecule has 19 heavy (non-hydrogen) atoms. The number of hydrogen-bond acceptors (Lipinski definition) is 3. The van der Waals surface area contributed by atoms with Gasteiger partial charge in [0.15, 0.2) is 0 Å². The van der Waals surface area contributed by atoms with Crippen LogP contribution in [0.4, 0.5) is 0 Å². The van der Waals surface area contributed by atoms with Crippen LogP contribution in [0.15, 0.2) is 12.1 Å². The lowest BCUT2D eigenvalue weighted by Crippen LogP contribution is -2.31. The molecule has 0 aliphatic carbocycles. The minimum absolute atomic E-state index is 0.0477. The lowest BCUT2D eigenvalue weighted by molar-refractivity contribution is 0.0779. The molecule has 0 fully saturated rings. The first kappa shape index (κ1) is 14.3. The maximum atomic E-state index is 12.3. The first-order valence-electron chi connectivity index (χ1n) is 6.53. The van der Waals surface area contributed by atoms with Crippen molar-refractivity contribution in [1.29, 1.82) is 0 Å². The molecule has 0 saturated heterocycles. The Labute approximate surface area is 119 Å². The first-order valence-corrected chi connectivity index (χ1v) is 6.90. The normalized spacial score (nSPS) is 19.5. The third-order valence-electron chi connectivity index (χ3n) is 3.52. The van der Waals surface area contributed by atoms with Crippen molar-refractivity contribution in [2.24, 2.45) is 5.92 Å². The molecule has 104 valence electrons. The molecule has 1 aliphatic rings. The second-order valence-electron chi connectivity index (χ2n) is 5.48. The fourth-order valence-electron chi connectivity index (χ4n) is 2.47. The largest absolute Gasteiger partial charge is 0.341 e. The Balaban J connectivity index is 2.23. The minimum Gasteiger partial charge on any atom is -0.341 e. The number of hydrogen-bond donors (Lipinski definition) is 0. The zero-order valence-electron chi connectivity index (χ0n) is 11.7. The van der Waals surface area contributed by atoms with Gasteiger partial charge in [-0.05, 0) is 51.5 Å². The van der Waals surface area contributed by atoms with E-state index < -0.39 is 0 Å². The van der Waals surface area contributed by atoms with E-state index in [1.54, 1.807) is 17.0 Å². The number of carbonyl (C=O) groups excluding carboxylic acids is 1. The first-order chi connectivity index (χ1) is 8.97. The molecule has 0 spiro atoms. The number of pyridine rings is 1. The number of amides is 1. The Morgan fingerprint density at radius 2 is 2.21 bits per heavy atom. The molecule has 2 heterocycles. The summed E-state index contributed by atoms with van der Waals surface area (Å²) in [5.74, 6) is 0.482. The third kappa shape index (κ3) is 3.45. The van der Waals surface area contributed by atoms with Crippen molar-refractivity contribution in [2.75, 3.05) is 34.2 Å². The molecule has 5 heteroatoms. The van der Waals surface area contributed by atoms with Gasteiger partial charge >= 0.3 is 0 Å². The summed E-state index contributed by atoms with van der Waals surface area (Å²) < 4.78 is 0. The van der Waals surface area contributed by atoms with Gasteiger partial charge in [0.1, 0.15) is 5.15 Å². The van der Waals surface area contributed by atoms with Crippen molar-refractivity contribution >= 4 is 17.5 Å². The molecular weight excluding hydrogens is 262 g/mol. The van der Waals surface area contributed by atoms with Gasteiger partial charge in [0.05, 0.1) is 11.3 Å². The molecule has 1 atom stereocenters. The number of halogens is 1. The number of fused-ring (bicyclic) bond motifs is 1. The SMILES string of the molecule is CN(C)CCC1Cc2nc(Cl)ccc2C(=O)N(C)C1. The predicted molar refractivity (Wildman–Crippen MR) is 76.6 cm³/mol. The zero-order chi connectivity index (χ0) is 14.0. The van der Waals surface area contributed by atoms with Crippen LogP contribution in [0.25, 0.3) is 0 Å². The van der Waals surface area contributed by atoms with Crippen molar-refractivity contribution in [3.8, 4) is 0 Å². The molecule has 1 unspecified atom stereocenters. The van der Waals surface area contributed by atoms with Crippen LogP contribution in [-0.4, -0.2) is 54.9 Å². The summed E-state index contributed by atoms with van der Waals surface area (Å²) in [6, 6.07) is 3.48. The van der Waals surface area contributed by atoms with Gasteiger partial charge in [-0.25, -0.2) is 4.98 Å². The Kier molecular flexibility index (Phi) is 4.42. The molecule has 4 nitrogen and oxygen atoms in total. The van der Waals surface area contributed by atoms with E-state index in [9.17, 15) is 4.79 Å². The molecule has 1 amide bonds. The lowest BCUT2D eigenvalue weighted by Gasteiger charge is -2.21. The van der Waals surface area contributed by atoms with Crippen molar-refractivity contribution < 1.29 is 4.79 Å². The van der Waals surface area contributed by atoms with Crippen LogP contribution in [0.1, 0.15) is 22.5 Å². The van der Waals surface area contributed by atoms with Gasteiger partial charge in [-0.2, -0.15) is 0 Å². The summed E-state index contributed by atoms with van der Waals surface area (Å²) in [6.07, 6.45) is 1.87. The van der Waals surface area contributed by atoms with Gasteiger partial charge in [-0.1, -0.05) is 11.6 Å². The van der Waals surface area contributed by atoms with E-state index in [-0.39, 0.29) is 5.91 Å². The van der Waals surface area contributed by atoms with Crippen LogP contribution in [0.5, 0.6) is 0 Å². The van der Waals surface area contributed by atoms with Crippen LogP contribution in [0.2, 0.25) is 5.15 Å². The molecular formula is C14H20ClN3O. The Morgan fingerprint density at radius 1 is 1.47 bits per heavy atom. The maximum Gasteiger partial charge on any atom is 0.255 e. The monoisotopic (exact) mass is 281 g/mol. The Bertz CT molecular complexity index is 476. The van der Waals surface area contributed by atoms with Gasteiger partial charge < -0.3 is 9.80 Å². The molecule has 0 aromatic carbocycles. The van der Waals surface area contributed by atoms with Crippen molar-refractivity contribution in [2.45, 2.75) is 12.8 Å². The number of rotatable bonds is 3. The lowest BCUT2D eigenvalue weighted by atomic mass is 9.98. The van der Waals surface area contributed by atoms with E-state index in [0.29, 0.717) is 16.6 Å². The summed E-state index contributed by atoms with van der Waals surface area (Å²) in [5.41, 5.74) is 1.53. The third-order valence-corrected chi connectivity index (χ3v) is 3.73. The molecule has 1 aliphatic heterocycles. The van der Waals surface area contributed by atoms with Gasteiger partial charge in [-0.3, -0.25) is 4.79 Å². The zero-order valence-corrected chi connectivity index (χ0v) is 12.4. The Hall–Kier alpha value is -1.13. The van der Waals surface area contributed by atoms with Crippen molar-refractivity contribution in [3.05, 3.63) is 28.5 Å². The predicted octanol–water partition coefficient (Wildman–Crippen LogP) is 1.93. The van der Waals surface area contributed by atoms with Crippen molar-refractivity contribution in [1.82, 2.24) is 14.8 Å². The molecule has 0 saturated carbocycles. The van der Waals surface area contributed by atoms with Crippen LogP contribution >= 0.6 is 11.6 Å². The molecule has 0 radical (unpaired) electrons. The molecule has 2 rings (SSSR count). The highest BCUT2D eigenvalue weighted by Gasteiger charge is 2.26. The molecule has 1 aromatic heterocycles. The van der Waals surface area contributed by atoms with E-state index >= 15 is 0 Å². The average molecular weight is 282 g/mol. The van der Waals surface area contributed by atoms with Crippen LogP contribution < -0.4 is 0 Å². The minimum atomic E-state index is 0.0477. The molecule has 0 bridgehead atoms. The fraction of sp³-hybridized carbons (Fsp3) is 0.571. The standard InChI is InChI=1S/C14H20ClN3O/c1-17(2)7-6-10-8-12-11(4-5-13(15)16-12)14(19)18(3)9-10/h4-5,10H,6-9H2,1-3H3. The van der Waals surface area contributed by atoms with Crippen molar-refractivity contribution in [3.63, 3.8) is 0 Å².